The molecular weight excluding hydrogens is 523 g/mol. The van der Waals surface area contributed by atoms with Gasteiger partial charge in [0.25, 0.3) is 0 Å². The van der Waals surface area contributed by atoms with E-state index in [0.29, 0.717) is 0 Å². The molecule has 4 rings (SSSR count). The summed E-state index contributed by atoms with van der Waals surface area (Å²) < 4.78 is 5.92. The van der Waals surface area contributed by atoms with Crippen LogP contribution in [0.2, 0.25) is 13.3 Å². The van der Waals surface area contributed by atoms with E-state index in [4.69, 9.17) is 9.97 Å². The van der Waals surface area contributed by atoms with E-state index in [0.717, 1.165) is 12.4 Å². The van der Waals surface area contributed by atoms with E-state index in [1.54, 1.807) is 3.71 Å². The van der Waals surface area contributed by atoms with Gasteiger partial charge in [0.1, 0.15) is 0 Å². The zero-order valence-electron chi connectivity index (χ0n) is 21.2. The molecule has 5 heteroatoms. The van der Waals surface area contributed by atoms with Crippen molar-refractivity contribution in [2.24, 2.45) is 0 Å². The summed E-state index contributed by atoms with van der Waals surface area (Å²) in [6, 6.07) is 12.8. The molecular formula is C29H40N4Sn. The first-order valence-corrected chi connectivity index (χ1v) is 20.8. The van der Waals surface area contributed by atoms with Gasteiger partial charge in [-0.3, -0.25) is 0 Å². The van der Waals surface area contributed by atoms with Gasteiger partial charge in [0.15, 0.2) is 0 Å². The quantitative estimate of drug-likeness (QED) is 0.247. The number of aromatic nitrogens is 2. The number of nitrogens with zero attached hydrogens (tertiary/aromatic N) is 4. The van der Waals surface area contributed by atoms with Crippen LogP contribution in [0.15, 0.2) is 76.6 Å². The van der Waals surface area contributed by atoms with Crippen molar-refractivity contribution in [3.05, 3.63) is 82.4 Å². The number of para-hydroxylation sites is 1. The summed E-state index contributed by atoms with van der Waals surface area (Å²) in [6.45, 7) is 8.01. The molecule has 0 radical (unpaired) electrons. The molecule has 0 fully saturated rings. The molecule has 0 spiro atoms. The van der Waals surface area contributed by atoms with Gasteiger partial charge in [-0.25, -0.2) is 0 Å². The third-order valence-corrected chi connectivity index (χ3v) is 22.7. The van der Waals surface area contributed by atoms with Gasteiger partial charge in [-0.2, -0.15) is 0 Å². The molecule has 2 aliphatic rings. The minimum absolute atomic E-state index is 0.877. The zero-order chi connectivity index (χ0) is 23.8. The summed E-state index contributed by atoms with van der Waals surface area (Å²) in [7, 11) is 0. The summed E-state index contributed by atoms with van der Waals surface area (Å²) in [4.78, 5) is 14.8. The second kappa shape index (κ2) is 12.1. The van der Waals surface area contributed by atoms with Crippen molar-refractivity contribution in [3.63, 3.8) is 0 Å². The second-order valence-electron chi connectivity index (χ2n) is 9.60. The second-order valence-corrected chi connectivity index (χ2v) is 22.5. The number of hydrogen-bond acceptors (Lipinski definition) is 4. The van der Waals surface area contributed by atoms with Gasteiger partial charge >= 0.3 is 211 Å². The van der Waals surface area contributed by atoms with Crippen molar-refractivity contribution in [3.8, 4) is 0 Å². The van der Waals surface area contributed by atoms with Crippen molar-refractivity contribution in [1.29, 1.82) is 0 Å². The average molecular weight is 563 g/mol. The van der Waals surface area contributed by atoms with E-state index in [1.165, 1.54) is 69.0 Å². The first kappa shape index (κ1) is 25.0. The molecule has 34 heavy (non-hydrogen) atoms. The van der Waals surface area contributed by atoms with E-state index in [2.05, 4.69) is 79.1 Å². The SMILES string of the molecule is CCC[CH2][Sn]([CH2]CCC)([CH2]CCC)[C]1=C(c2ncccn2)N(c2ccccc2)C2=CC=CCN21. The Balaban J connectivity index is 1.99. The molecule has 3 heterocycles. The fourth-order valence-corrected chi connectivity index (χ4v) is 22.8. The average Bonchev–Trinajstić information content (AvgIpc) is 3.25. The van der Waals surface area contributed by atoms with Gasteiger partial charge in [0.05, 0.1) is 0 Å². The van der Waals surface area contributed by atoms with Crippen LogP contribution >= 0.6 is 0 Å². The molecule has 0 bridgehead atoms. The molecule has 2 aromatic rings. The number of fused-ring (bicyclic) bond motifs is 1. The summed E-state index contributed by atoms with van der Waals surface area (Å²) in [5.74, 6) is 2.15. The number of allylic oxidation sites excluding steroid dienone is 2. The van der Waals surface area contributed by atoms with Crippen LogP contribution in [0.1, 0.15) is 65.1 Å². The number of anilines is 1. The Morgan fingerprint density at radius 2 is 1.44 bits per heavy atom. The Bertz CT molecular complexity index is 991. The Kier molecular flexibility index (Phi) is 8.87. The third kappa shape index (κ3) is 5.12. The fourth-order valence-electron chi connectivity index (χ4n) is 5.53. The van der Waals surface area contributed by atoms with Gasteiger partial charge in [-0.15, -0.1) is 0 Å². The number of benzene rings is 1. The molecule has 0 amide bonds. The number of hydrogen-bond donors (Lipinski definition) is 0. The third-order valence-electron chi connectivity index (χ3n) is 7.21. The van der Waals surface area contributed by atoms with Crippen molar-refractivity contribution < 1.29 is 0 Å². The summed E-state index contributed by atoms with van der Waals surface area (Å²) >= 11 is -2.85. The van der Waals surface area contributed by atoms with Crippen molar-refractivity contribution in [2.45, 2.75) is 72.6 Å². The molecule has 4 nitrogen and oxygen atoms in total. The van der Waals surface area contributed by atoms with Crippen LogP contribution < -0.4 is 4.90 Å². The van der Waals surface area contributed by atoms with Crippen LogP contribution in [-0.2, 0) is 0 Å². The minimum atomic E-state index is -2.85. The topological polar surface area (TPSA) is 32.3 Å². The zero-order valence-corrected chi connectivity index (χ0v) is 24.1. The molecule has 0 saturated heterocycles. The van der Waals surface area contributed by atoms with Crippen LogP contribution in [0, 0.1) is 0 Å². The Morgan fingerprint density at radius 1 is 0.824 bits per heavy atom. The monoisotopic (exact) mass is 564 g/mol. The summed E-state index contributed by atoms with van der Waals surface area (Å²) in [5.41, 5.74) is 2.47. The summed E-state index contributed by atoms with van der Waals surface area (Å²) in [6.07, 6.45) is 18.5. The fraction of sp³-hybridized carbons (Fsp3) is 0.448. The number of unbranched alkanes of at least 4 members (excludes halogenated alkanes) is 3. The van der Waals surface area contributed by atoms with Gasteiger partial charge in [0, 0.05) is 0 Å². The first-order chi connectivity index (χ1) is 16.8. The molecule has 0 N–H and O–H groups in total. The van der Waals surface area contributed by atoms with Crippen LogP contribution in [0.25, 0.3) is 5.70 Å². The first-order valence-electron chi connectivity index (χ1n) is 13.3. The Morgan fingerprint density at radius 3 is 2.03 bits per heavy atom. The van der Waals surface area contributed by atoms with Gasteiger partial charge in [-0.05, 0) is 0 Å². The molecule has 180 valence electrons. The van der Waals surface area contributed by atoms with Gasteiger partial charge in [-0.1, -0.05) is 0 Å². The van der Waals surface area contributed by atoms with E-state index >= 15 is 0 Å². The summed E-state index contributed by atoms with van der Waals surface area (Å²) in [5, 5.41) is 0. The van der Waals surface area contributed by atoms with Gasteiger partial charge < -0.3 is 0 Å². The molecule has 0 saturated carbocycles. The van der Waals surface area contributed by atoms with E-state index < -0.39 is 18.4 Å². The molecule has 2 aliphatic heterocycles. The van der Waals surface area contributed by atoms with Crippen LogP contribution in [0.5, 0.6) is 0 Å². The molecule has 1 aromatic carbocycles. The Labute approximate surface area is 210 Å². The van der Waals surface area contributed by atoms with E-state index in [9.17, 15) is 0 Å². The van der Waals surface area contributed by atoms with E-state index in [1.807, 2.05) is 18.5 Å². The van der Waals surface area contributed by atoms with Gasteiger partial charge in [0.2, 0.25) is 0 Å². The maximum atomic E-state index is 4.85. The normalized spacial score (nSPS) is 15.7. The number of rotatable bonds is 12. The van der Waals surface area contributed by atoms with Crippen LogP contribution in [0.3, 0.4) is 0 Å². The molecule has 0 unspecified atom stereocenters. The van der Waals surface area contributed by atoms with Crippen molar-refractivity contribution in [2.75, 3.05) is 11.4 Å². The van der Waals surface area contributed by atoms with Crippen molar-refractivity contribution in [1.82, 2.24) is 14.9 Å². The van der Waals surface area contributed by atoms with Crippen LogP contribution in [-0.4, -0.2) is 39.8 Å². The molecule has 0 aliphatic carbocycles. The maximum absolute atomic E-state index is 4.85. The molecule has 1 aromatic heterocycles. The predicted molar refractivity (Wildman–Crippen MR) is 147 cm³/mol. The predicted octanol–water partition coefficient (Wildman–Crippen LogP) is 7.77. The van der Waals surface area contributed by atoms with E-state index in [-0.39, 0.29) is 0 Å². The Hall–Kier alpha value is -2.08. The standard InChI is InChI=1S/C17H13N4.3C4H9.Sn/c1-2-7-14(8-3-1)21-15(17-18-10-6-11-19-17)13-20-12-5-4-9-16(20)21;3*1-3-4-2;/h1-11H,12H2;3*1,3-4H2,2H3;. The van der Waals surface area contributed by atoms with Crippen molar-refractivity contribution >= 4 is 29.8 Å². The van der Waals surface area contributed by atoms with Crippen LogP contribution in [0.4, 0.5) is 5.69 Å². The molecule has 0 atom stereocenters.